The Morgan fingerprint density at radius 1 is 1.22 bits per heavy atom. The van der Waals surface area contributed by atoms with Crippen LogP contribution in [0.5, 0.6) is 0 Å². The van der Waals surface area contributed by atoms with Gasteiger partial charge < -0.3 is 9.30 Å². The lowest BCUT2D eigenvalue weighted by Crippen LogP contribution is -2.07. The van der Waals surface area contributed by atoms with Gasteiger partial charge in [0.05, 0.1) is 5.52 Å². The number of fused-ring (bicyclic) bond motifs is 2. The lowest BCUT2D eigenvalue weighted by Gasteiger charge is -2.15. The van der Waals surface area contributed by atoms with E-state index in [-0.39, 0.29) is 11.6 Å². The lowest BCUT2D eigenvalue weighted by atomic mass is 10.1. The van der Waals surface area contributed by atoms with Gasteiger partial charge in [-0.25, -0.2) is 4.39 Å². The fourth-order valence-corrected chi connectivity index (χ4v) is 3.02. The standard InChI is InChI=1S/C19H14FNO2/c1-12(22)10-18-16-11-14(20)6-7-15(16)19(23-18)21-9-8-13-4-2-3-5-17(13)21/h2-11,19H,1H3/b18-10-. The molecule has 1 aromatic heterocycles. The Labute approximate surface area is 132 Å². The summed E-state index contributed by atoms with van der Waals surface area (Å²) in [5, 5.41) is 1.10. The minimum atomic E-state index is -0.406. The molecule has 1 unspecified atom stereocenters. The van der Waals surface area contributed by atoms with Gasteiger partial charge in [-0.2, -0.15) is 0 Å². The molecule has 114 valence electrons. The Morgan fingerprint density at radius 2 is 2.04 bits per heavy atom. The van der Waals surface area contributed by atoms with Crippen molar-refractivity contribution < 1.29 is 13.9 Å². The summed E-state index contributed by atoms with van der Waals surface area (Å²) in [7, 11) is 0. The van der Waals surface area contributed by atoms with E-state index in [1.54, 1.807) is 6.07 Å². The van der Waals surface area contributed by atoms with Crippen LogP contribution in [0.25, 0.3) is 16.7 Å². The van der Waals surface area contributed by atoms with Crippen molar-refractivity contribution in [2.24, 2.45) is 0 Å². The molecule has 0 aliphatic carbocycles. The van der Waals surface area contributed by atoms with E-state index in [0.29, 0.717) is 11.3 Å². The van der Waals surface area contributed by atoms with Crippen LogP contribution in [0.4, 0.5) is 4.39 Å². The highest BCUT2D eigenvalue weighted by atomic mass is 19.1. The zero-order valence-electron chi connectivity index (χ0n) is 12.5. The Bertz CT molecular complexity index is 955. The molecule has 1 aliphatic heterocycles. The molecule has 2 heterocycles. The molecule has 23 heavy (non-hydrogen) atoms. The molecule has 4 rings (SSSR count). The molecule has 0 spiro atoms. The summed E-state index contributed by atoms with van der Waals surface area (Å²) in [6, 6.07) is 14.5. The van der Waals surface area contributed by atoms with E-state index in [1.807, 2.05) is 41.1 Å². The van der Waals surface area contributed by atoms with Gasteiger partial charge in [0.2, 0.25) is 6.23 Å². The Kier molecular flexibility index (Phi) is 3.05. The van der Waals surface area contributed by atoms with Gasteiger partial charge in [0.15, 0.2) is 5.78 Å². The molecule has 0 saturated carbocycles. The fraction of sp³-hybridized carbons (Fsp3) is 0.105. The SMILES string of the molecule is CC(=O)/C=C1\OC(n2ccc3ccccc32)c2ccc(F)cc21. The van der Waals surface area contributed by atoms with Crippen LogP contribution < -0.4 is 0 Å². The van der Waals surface area contributed by atoms with Crippen LogP contribution in [0, 0.1) is 5.82 Å². The van der Waals surface area contributed by atoms with Crippen molar-refractivity contribution >= 4 is 22.4 Å². The summed E-state index contributed by atoms with van der Waals surface area (Å²) in [6.45, 7) is 1.45. The number of hydrogen-bond donors (Lipinski definition) is 0. The fourth-order valence-electron chi connectivity index (χ4n) is 3.02. The van der Waals surface area contributed by atoms with Crippen molar-refractivity contribution in [1.29, 1.82) is 0 Å². The molecular formula is C19H14FNO2. The summed E-state index contributed by atoms with van der Waals surface area (Å²) in [4.78, 5) is 11.4. The predicted molar refractivity (Wildman–Crippen MR) is 86.2 cm³/mol. The summed E-state index contributed by atoms with van der Waals surface area (Å²) in [5.74, 6) is -0.0668. The van der Waals surface area contributed by atoms with E-state index in [0.717, 1.165) is 16.5 Å². The Hall–Kier alpha value is -2.88. The van der Waals surface area contributed by atoms with Crippen LogP contribution in [-0.4, -0.2) is 10.4 Å². The number of ether oxygens (including phenoxy) is 1. The maximum absolute atomic E-state index is 13.6. The molecule has 4 heteroatoms. The number of rotatable bonds is 2. The second-order valence-electron chi connectivity index (χ2n) is 5.60. The maximum atomic E-state index is 13.6. The van der Waals surface area contributed by atoms with E-state index in [1.165, 1.54) is 25.1 Å². The first-order valence-corrected chi connectivity index (χ1v) is 7.38. The van der Waals surface area contributed by atoms with Crippen molar-refractivity contribution in [3.8, 4) is 0 Å². The van der Waals surface area contributed by atoms with E-state index in [2.05, 4.69) is 0 Å². The highest BCUT2D eigenvalue weighted by molar-refractivity contribution is 5.94. The number of aromatic nitrogens is 1. The van der Waals surface area contributed by atoms with Crippen LogP contribution in [0.3, 0.4) is 0 Å². The molecule has 0 bridgehead atoms. The van der Waals surface area contributed by atoms with Gasteiger partial charge in [-0.1, -0.05) is 18.2 Å². The van der Waals surface area contributed by atoms with Gasteiger partial charge in [-0.05, 0) is 42.6 Å². The number of hydrogen-bond acceptors (Lipinski definition) is 2. The molecule has 0 amide bonds. The van der Waals surface area contributed by atoms with Crippen molar-refractivity contribution in [1.82, 2.24) is 4.57 Å². The first kappa shape index (κ1) is 13.8. The number of allylic oxidation sites excluding steroid dienone is 1. The van der Waals surface area contributed by atoms with Crippen LogP contribution in [-0.2, 0) is 9.53 Å². The van der Waals surface area contributed by atoms with Gasteiger partial charge in [0, 0.05) is 23.4 Å². The quantitative estimate of drug-likeness (QED) is 0.661. The molecule has 0 saturated heterocycles. The molecular weight excluding hydrogens is 293 g/mol. The van der Waals surface area contributed by atoms with E-state index in [4.69, 9.17) is 4.74 Å². The molecule has 3 nitrogen and oxygen atoms in total. The van der Waals surface area contributed by atoms with Crippen LogP contribution in [0.1, 0.15) is 24.3 Å². The van der Waals surface area contributed by atoms with E-state index < -0.39 is 6.23 Å². The molecule has 3 aromatic rings. The van der Waals surface area contributed by atoms with Crippen molar-refractivity contribution in [2.75, 3.05) is 0 Å². The van der Waals surface area contributed by atoms with Crippen LogP contribution in [0.15, 0.2) is 60.8 Å². The molecule has 1 atom stereocenters. The first-order chi connectivity index (χ1) is 11.1. The highest BCUT2D eigenvalue weighted by Crippen LogP contribution is 2.41. The van der Waals surface area contributed by atoms with Gasteiger partial charge >= 0.3 is 0 Å². The lowest BCUT2D eigenvalue weighted by molar-refractivity contribution is -0.112. The minimum absolute atomic E-state index is 0.131. The van der Waals surface area contributed by atoms with Gasteiger partial charge in [-0.3, -0.25) is 4.79 Å². The highest BCUT2D eigenvalue weighted by Gasteiger charge is 2.30. The smallest absolute Gasteiger partial charge is 0.203 e. The van der Waals surface area contributed by atoms with Gasteiger partial charge in [0.25, 0.3) is 0 Å². The second-order valence-corrected chi connectivity index (χ2v) is 5.60. The molecule has 2 aromatic carbocycles. The summed E-state index contributed by atoms with van der Waals surface area (Å²) in [5.41, 5.74) is 2.50. The van der Waals surface area contributed by atoms with Gasteiger partial charge in [-0.15, -0.1) is 0 Å². The average molecular weight is 307 g/mol. The number of nitrogens with zero attached hydrogens (tertiary/aromatic N) is 1. The van der Waals surface area contributed by atoms with Gasteiger partial charge in [0.1, 0.15) is 11.6 Å². The number of benzene rings is 2. The van der Waals surface area contributed by atoms with Crippen LogP contribution >= 0.6 is 0 Å². The second kappa shape index (κ2) is 5.09. The third-order valence-corrected chi connectivity index (χ3v) is 4.00. The topological polar surface area (TPSA) is 31.2 Å². The van der Waals surface area contributed by atoms with Crippen LogP contribution in [0.2, 0.25) is 0 Å². The van der Waals surface area contributed by atoms with Crippen molar-refractivity contribution in [3.63, 3.8) is 0 Å². The number of halogens is 1. The van der Waals surface area contributed by atoms with Crippen molar-refractivity contribution in [2.45, 2.75) is 13.2 Å². The largest absolute Gasteiger partial charge is 0.465 e. The molecule has 0 fully saturated rings. The molecule has 0 radical (unpaired) electrons. The number of carbonyl (C=O) groups excluding carboxylic acids is 1. The van der Waals surface area contributed by atoms with Crippen molar-refractivity contribution in [3.05, 3.63) is 77.7 Å². The average Bonchev–Trinajstić information content (AvgIpc) is 3.08. The maximum Gasteiger partial charge on any atom is 0.203 e. The monoisotopic (exact) mass is 307 g/mol. The Balaban J connectivity index is 1.90. The normalized spacial score (nSPS) is 18.2. The number of para-hydroxylation sites is 1. The first-order valence-electron chi connectivity index (χ1n) is 7.38. The van der Waals surface area contributed by atoms with E-state index in [9.17, 15) is 9.18 Å². The Morgan fingerprint density at radius 3 is 2.87 bits per heavy atom. The zero-order valence-corrected chi connectivity index (χ0v) is 12.5. The summed E-state index contributed by atoms with van der Waals surface area (Å²) < 4.78 is 21.6. The number of ketones is 1. The molecule has 1 aliphatic rings. The van der Waals surface area contributed by atoms with E-state index >= 15 is 0 Å². The minimum Gasteiger partial charge on any atom is -0.465 e. The summed E-state index contributed by atoms with van der Waals surface area (Å²) in [6.07, 6.45) is 2.94. The third-order valence-electron chi connectivity index (χ3n) is 4.00. The predicted octanol–water partition coefficient (Wildman–Crippen LogP) is 4.29. The third kappa shape index (κ3) is 2.23. The summed E-state index contributed by atoms with van der Waals surface area (Å²) >= 11 is 0. The number of carbonyl (C=O) groups is 1. The molecule has 0 N–H and O–H groups in total. The zero-order chi connectivity index (χ0) is 16.0.